The van der Waals surface area contributed by atoms with Crippen molar-refractivity contribution in [1.29, 1.82) is 5.26 Å². The van der Waals surface area contributed by atoms with E-state index in [2.05, 4.69) is 10.6 Å². The van der Waals surface area contributed by atoms with E-state index in [1.54, 1.807) is 30.3 Å². The fourth-order valence-electron chi connectivity index (χ4n) is 3.02. The van der Waals surface area contributed by atoms with Crippen LogP contribution in [0.15, 0.2) is 46.9 Å². The van der Waals surface area contributed by atoms with Crippen LogP contribution >= 0.6 is 0 Å². The number of halogens is 1. The van der Waals surface area contributed by atoms with Crippen molar-refractivity contribution in [3.8, 4) is 6.07 Å². The van der Waals surface area contributed by atoms with Crippen molar-refractivity contribution in [1.82, 2.24) is 5.32 Å². The molecule has 0 spiro atoms. The molecule has 0 bridgehead atoms. The first-order valence-electron chi connectivity index (χ1n) is 8.65. The van der Waals surface area contributed by atoms with Crippen molar-refractivity contribution < 1.29 is 13.6 Å². The number of nitrogens with one attached hydrogen (secondary N) is 2. The third-order valence-electron chi connectivity index (χ3n) is 4.42. The highest BCUT2D eigenvalue weighted by Crippen LogP contribution is 2.33. The molecule has 0 fully saturated rings. The lowest BCUT2D eigenvalue weighted by Crippen LogP contribution is -2.35. The highest BCUT2D eigenvalue weighted by molar-refractivity contribution is 5.90. The zero-order valence-corrected chi connectivity index (χ0v) is 15.3. The largest absolute Gasteiger partial charge is 0.459 e. The molecule has 5 nitrogen and oxygen atoms in total. The topological polar surface area (TPSA) is 78.1 Å². The molecule has 0 aliphatic carbocycles. The first-order chi connectivity index (χ1) is 12.9. The summed E-state index contributed by atoms with van der Waals surface area (Å²) in [4.78, 5) is 12.5. The summed E-state index contributed by atoms with van der Waals surface area (Å²) in [7, 11) is 0. The SMILES string of the molecule is Cc1c([C@@H](NC(=O)Nc2cccc(C#N)c2)C(C)C)oc2ccc(F)cc12. The van der Waals surface area contributed by atoms with E-state index in [1.165, 1.54) is 12.1 Å². The van der Waals surface area contributed by atoms with Crippen molar-refractivity contribution >= 4 is 22.7 Å². The standard InChI is InChI=1S/C21H20FN3O2/c1-12(2)19(20-13(3)17-10-15(22)7-8-18(17)27-20)25-21(26)24-16-6-4-5-14(9-16)11-23/h4-10,12,19H,1-3H3,(H2,24,25,26)/t19-/m0/s1. The maximum Gasteiger partial charge on any atom is 0.319 e. The van der Waals surface area contributed by atoms with Gasteiger partial charge in [-0.3, -0.25) is 0 Å². The number of urea groups is 1. The van der Waals surface area contributed by atoms with E-state index in [-0.39, 0.29) is 17.8 Å². The van der Waals surface area contributed by atoms with Crippen LogP contribution in [-0.4, -0.2) is 6.03 Å². The highest BCUT2D eigenvalue weighted by Gasteiger charge is 2.25. The molecule has 1 aromatic heterocycles. The van der Waals surface area contributed by atoms with E-state index in [0.717, 1.165) is 5.56 Å². The smallest absolute Gasteiger partial charge is 0.319 e. The van der Waals surface area contributed by atoms with Gasteiger partial charge in [-0.1, -0.05) is 19.9 Å². The maximum atomic E-state index is 13.6. The van der Waals surface area contributed by atoms with Gasteiger partial charge in [0.15, 0.2) is 0 Å². The van der Waals surface area contributed by atoms with Crippen LogP contribution in [0.1, 0.15) is 36.8 Å². The minimum atomic E-state index is -0.408. The normalized spacial score (nSPS) is 12.0. The summed E-state index contributed by atoms with van der Waals surface area (Å²) in [6, 6.07) is 12.3. The molecule has 2 aromatic carbocycles. The summed E-state index contributed by atoms with van der Waals surface area (Å²) >= 11 is 0. The maximum absolute atomic E-state index is 13.6. The Bertz CT molecular complexity index is 1030. The Morgan fingerprint density at radius 3 is 2.70 bits per heavy atom. The quantitative estimate of drug-likeness (QED) is 0.661. The number of amides is 2. The Morgan fingerprint density at radius 1 is 1.22 bits per heavy atom. The number of nitrogens with zero attached hydrogens (tertiary/aromatic N) is 1. The highest BCUT2D eigenvalue weighted by atomic mass is 19.1. The predicted molar refractivity (Wildman–Crippen MR) is 102 cm³/mol. The second kappa shape index (κ2) is 7.50. The molecular weight excluding hydrogens is 345 g/mol. The van der Waals surface area contributed by atoms with E-state index in [9.17, 15) is 9.18 Å². The van der Waals surface area contributed by atoms with E-state index in [1.807, 2.05) is 26.8 Å². The molecule has 0 aliphatic rings. The summed E-state index contributed by atoms with van der Waals surface area (Å²) in [5.74, 6) is 0.318. The number of rotatable bonds is 4. The van der Waals surface area contributed by atoms with Crippen molar-refractivity contribution in [3.63, 3.8) is 0 Å². The van der Waals surface area contributed by atoms with Gasteiger partial charge >= 0.3 is 6.03 Å². The Morgan fingerprint density at radius 2 is 2.00 bits per heavy atom. The molecule has 3 aromatic rings. The van der Waals surface area contributed by atoms with E-state index >= 15 is 0 Å². The van der Waals surface area contributed by atoms with Gasteiger partial charge in [0.25, 0.3) is 0 Å². The summed E-state index contributed by atoms with van der Waals surface area (Å²) in [5, 5.41) is 15.3. The van der Waals surface area contributed by atoms with Crippen LogP contribution in [0.3, 0.4) is 0 Å². The number of aryl methyl sites for hydroxylation is 1. The monoisotopic (exact) mass is 365 g/mol. The molecule has 0 unspecified atom stereocenters. The lowest BCUT2D eigenvalue weighted by atomic mass is 9.98. The van der Waals surface area contributed by atoms with Crippen LogP contribution in [0.2, 0.25) is 0 Å². The number of carbonyl (C=O) groups is 1. The minimum absolute atomic E-state index is 0.0466. The number of benzene rings is 2. The third-order valence-corrected chi connectivity index (χ3v) is 4.42. The molecule has 0 aliphatic heterocycles. The average molecular weight is 365 g/mol. The Hall–Kier alpha value is -3.33. The molecule has 6 heteroatoms. The molecule has 3 rings (SSSR count). The van der Waals surface area contributed by atoms with E-state index < -0.39 is 6.03 Å². The van der Waals surface area contributed by atoms with Gasteiger partial charge < -0.3 is 15.1 Å². The first-order valence-corrected chi connectivity index (χ1v) is 8.65. The second-order valence-electron chi connectivity index (χ2n) is 6.74. The van der Waals surface area contributed by atoms with E-state index in [0.29, 0.717) is 28.0 Å². The molecule has 2 amide bonds. The molecule has 27 heavy (non-hydrogen) atoms. The van der Waals surface area contributed by atoms with Gasteiger partial charge in [-0.25, -0.2) is 9.18 Å². The summed E-state index contributed by atoms with van der Waals surface area (Å²) in [5.41, 5.74) is 2.37. The van der Waals surface area contributed by atoms with Crippen molar-refractivity contribution in [3.05, 3.63) is 65.2 Å². The molecule has 1 atom stereocenters. The van der Waals surface area contributed by atoms with Crippen LogP contribution in [0.25, 0.3) is 11.0 Å². The molecule has 1 heterocycles. The molecule has 0 saturated heterocycles. The third kappa shape index (κ3) is 3.93. The lowest BCUT2D eigenvalue weighted by Gasteiger charge is -2.21. The van der Waals surface area contributed by atoms with Crippen LogP contribution in [0.4, 0.5) is 14.9 Å². The molecule has 138 valence electrons. The number of anilines is 1. The zero-order chi connectivity index (χ0) is 19.6. The lowest BCUT2D eigenvalue weighted by molar-refractivity contribution is 0.241. The Kier molecular flexibility index (Phi) is 5.13. The van der Waals surface area contributed by atoms with Crippen LogP contribution in [-0.2, 0) is 0 Å². The predicted octanol–water partition coefficient (Wildman–Crippen LogP) is 5.27. The fourth-order valence-corrected chi connectivity index (χ4v) is 3.02. The number of nitriles is 1. The average Bonchev–Trinajstić information content (AvgIpc) is 2.95. The van der Waals surface area contributed by atoms with Crippen molar-refractivity contribution in [2.24, 2.45) is 5.92 Å². The van der Waals surface area contributed by atoms with Gasteiger partial charge in [-0.15, -0.1) is 0 Å². The number of hydrogen-bond acceptors (Lipinski definition) is 3. The summed E-state index contributed by atoms with van der Waals surface area (Å²) < 4.78 is 19.5. The minimum Gasteiger partial charge on any atom is -0.459 e. The number of furan rings is 1. The molecule has 2 N–H and O–H groups in total. The fraction of sp³-hybridized carbons (Fsp3) is 0.238. The Balaban J connectivity index is 1.85. The van der Waals surface area contributed by atoms with Gasteiger partial charge in [0.2, 0.25) is 0 Å². The number of fused-ring (bicyclic) bond motifs is 1. The number of carbonyl (C=O) groups excluding carboxylic acids is 1. The van der Waals surface area contributed by atoms with Crippen molar-refractivity contribution in [2.45, 2.75) is 26.8 Å². The first kappa shape index (κ1) is 18.5. The van der Waals surface area contributed by atoms with Gasteiger partial charge in [-0.2, -0.15) is 5.26 Å². The summed E-state index contributed by atoms with van der Waals surface area (Å²) in [6.07, 6.45) is 0. The molecule has 0 radical (unpaired) electrons. The molecular formula is C21H20FN3O2. The van der Waals surface area contributed by atoms with Crippen LogP contribution in [0.5, 0.6) is 0 Å². The van der Waals surface area contributed by atoms with E-state index in [4.69, 9.17) is 9.68 Å². The van der Waals surface area contributed by atoms with Gasteiger partial charge in [0.05, 0.1) is 17.7 Å². The van der Waals surface area contributed by atoms with Gasteiger partial charge in [0, 0.05) is 16.6 Å². The molecule has 0 saturated carbocycles. The van der Waals surface area contributed by atoms with Gasteiger partial charge in [-0.05, 0) is 49.2 Å². The summed E-state index contributed by atoms with van der Waals surface area (Å²) in [6.45, 7) is 5.79. The Labute approximate surface area is 156 Å². The van der Waals surface area contributed by atoms with Crippen molar-refractivity contribution in [2.75, 3.05) is 5.32 Å². The zero-order valence-electron chi connectivity index (χ0n) is 15.3. The second-order valence-corrected chi connectivity index (χ2v) is 6.74. The van der Waals surface area contributed by atoms with Gasteiger partial charge in [0.1, 0.15) is 17.2 Å². The number of hydrogen-bond donors (Lipinski definition) is 2. The van der Waals surface area contributed by atoms with Crippen LogP contribution < -0.4 is 10.6 Å². The van der Waals surface area contributed by atoms with Crippen LogP contribution in [0, 0.1) is 30.0 Å².